The number of hydrogen-bond acceptors (Lipinski definition) is 6. The quantitative estimate of drug-likeness (QED) is 0.707. The summed E-state index contributed by atoms with van der Waals surface area (Å²) >= 11 is 1.34. The minimum absolute atomic E-state index is 0.00768. The molecule has 3 rings (SSSR count). The number of nitrogens with zero attached hydrogens (tertiary/aromatic N) is 4. The van der Waals surface area contributed by atoms with Crippen molar-refractivity contribution in [1.82, 2.24) is 19.7 Å². The highest BCUT2D eigenvalue weighted by Crippen LogP contribution is 2.19. The first-order valence-corrected chi connectivity index (χ1v) is 9.56. The number of rotatable bonds is 5. The molecule has 120 valence electrons. The predicted molar refractivity (Wildman–Crippen MR) is 88.0 cm³/mol. The zero-order valence-electron chi connectivity index (χ0n) is 12.8. The molecule has 6 nitrogen and oxygen atoms in total. The van der Waals surface area contributed by atoms with E-state index in [1.807, 2.05) is 42.6 Å². The van der Waals surface area contributed by atoms with Crippen molar-refractivity contribution in [2.75, 3.05) is 0 Å². The Morgan fingerprint density at radius 3 is 2.52 bits per heavy atom. The van der Waals surface area contributed by atoms with Crippen LogP contribution in [0, 0.1) is 13.8 Å². The average molecular weight is 348 g/mol. The van der Waals surface area contributed by atoms with Crippen LogP contribution in [0.5, 0.6) is 0 Å². The van der Waals surface area contributed by atoms with Crippen molar-refractivity contribution in [3.8, 4) is 0 Å². The molecule has 0 saturated carbocycles. The highest BCUT2D eigenvalue weighted by Gasteiger charge is 2.25. The van der Waals surface area contributed by atoms with E-state index in [4.69, 9.17) is 0 Å². The largest absolute Gasteiger partial charge is 0.298 e. The molecule has 1 aromatic carbocycles. The Morgan fingerprint density at radius 2 is 1.87 bits per heavy atom. The van der Waals surface area contributed by atoms with Crippen molar-refractivity contribution < 1.29 is 8.42 Å². The van der Waals surface area contributed by atoms with Crippen LogP contribution in [-0.2, 0) is 22.1 Å². The third kappa shape index (κ3) is 3.48. The van der Waals surface area contributed by atoms with Gasteiger partial charge in [0.2, 0.25) is 15.0 Å². The van der Waals surface area contributed by atoms with Gasteiger partial charge in [0.05, 0.1) is 6.54 Å². The topological polar surface area (TPSA) is 77.7 Å². The van der Waals surface area contributed by atoms with Crippen molar-refractivity contribution in [2.45, 2.75) is 31.3 Å². The lowest BCUT2D eigenvalue weighted by molar-refractivity contribution is 0.569. The van der Waals surface area contributed by atoms with E-state index in [-0.39, 0.29) is 10.9 Å². The Kier molecular flexibility index (Phi) is 4.27. The van der Waals surface area contributed by atoms with E-state index in [0.717, 1.165) is 11.3 Å². The normalized spacial score (nSPS) is 11.7. The van der Waals surface area contributed by atoms with Crippen molar-refractivity contribution in [1.29, 1.82) is 0 Å². The molecule has 0 bridgehead atoms. The van der Waals surface area contributed by atoms with Gasteiger partial charge in [-0.1, -0.05) is 30.3 Å². The summed E-state index contributed by atoms with van der Waals surface area (Å²) in [7, 11) is -3.59. The van der Waals surface area contributed by atoms with Gasteiger partial charge in [0.1, 0.15) is 16.6 Å². The maximum absolute atomic E-state index is 12.7. The standard InChI is InChI=1S/C15H16N4O2S2/c1-11-9-22-14(16-11)10-23(20,21)15-18-17-12(2)19(15)8-13-6-4-3-5-7-13/h3-7,9H,8,10H2,1-2H3. The smallest absolute Gasteiger partial charge is 0.250 e. The van der Waals surface area contributed by atoms with Gasteiger partial charge in [-0.2, -0.15) is 0 Å². The molecule has 0 saturated heterocycles. The highest BCUT2D eigenvalue weighted by molar-refractivity contribution is 7.90. The van der Waals surface area contributed by atoms with Gasteiger partial charge in [-0.15, -0.1) is 21.5 Å². The molecule has 2 heterocycles. The molecular weight excluding hydrogens is 332 g/mol. The van der Waals surface area contributed by atoms with Gasteiger partial charge in [0, 0.05) is 11.1 Å². The molecule has 8 heteroatoms. The monoisotopic (exact) mass is 348 g/mol. The van der Waals surface area contributed by atoms with E-state index in [0.29, 0.717) is 17.4 Å². The molecule has 0 unspecified atom stereocenters. The Bertz CT molecular complexity index is 914. The van der Waals surface area contributed by atoms with E-state index >= 15 is 0 Å². The number of benzene rings is 1. The van der Waals surface area contributed by atoms with E-state index in [1.165, 1.54) is 11.3 Å². The number of sulfone groups is 1. The first kappa shape index (κ1) is 15.8. The minimum atomic E-state index is -3.59. The molecule has 0 amide bonds. The third-order valence-corrected chi connectivity index (χ3v) is 6.00. The number of aromatic nitrogens is 4. The summed E-state index contributed by atoms with van der Waals surface area (Å²) in [6, 6.07) is 9.65. The van der Waals surface area contributed by atoms with Crippen molar-refractivity contribution in [3.05, 3.63) is 57.8 Å². The van der Waals surface area contributed by atoms with Crippen LogP contribution >= 0.6 is 11.3 Å². The van der Waals surface area contributed by atoms with Crippen LogP contribution in [0.4, 0.5) is 0 Å². The van der Waals surface area contributed by atoms with Crippen LogP contribution in [0.2, 0.25) is 0 Å². The molecule has 0 atom stereocenters. The van der Waals surface area contributed by atoms with Crippen molar-refractivity contribution in [3.63, 3.8) is 0 Å². The van der Waals surface area contributed by atoms with Crippen molar-refractivity contribution in [2.24, 2.45) is 0 Å². The second-order valence-electron chi connectivity index (χ2n) is 5.24. The van der Waals surface area contributed by atoms with Gasteiger partial charge in [-0.05, 0) is 19.4 Å². The summed E-state index contributed by atoms with van der Waals surface area (Å²) in [5.74, 6) is 0.418. The number of hydrogen-bond donors (Lipinski definition) is 0. The lowest BCUT2D eigenvalue weighted by Crippen LogP contribution is -2.14. The molecule has 23 heavy (non-hydrogen) atoms. The second-order valence-corrected chi connectivity index (χ2v) is 8.07. The lowest BCUT2D eigenvalue weighted by Gasteiger charge is -2.08. The van der Waals surface area contributed by atoms with Crippen LogP contribution in [0.1, 0.15) is 22.1 Å². The number of aryl methyl sites for hydroxylation is 2. The van der Waals surface area contributed by atoms with Gasteiger partial charge < -0.3 is 0 Å². The highest BCUT2D eigenvalue weighted by atomic mass is 32.2. The zero-order valence-corrected chi connectivity index (χ0v) is 14.4. The van der Waals surface area contributed by atoms with E-state index < -0.39 is 9.84 Å². The Hall–Kier alpha value is -2.06. The molecule has 0 spiro atoms. The number of thiazole rings is 1. The summed E-state index contributed by atoms with van der Waals surface area (Å²) in [4.78, 5) is 4.22. The maximum Gasteiger partial charge on any atom is 0.250 e. The van der Waals surface area contributed by atoms with Gasteiger partial charge in [0.25, 0.3) is 0 Å². The molecule has 0 radical (unpaired) electrons. The molecule has 0 aliphatic rings. The average Bonchev–Trinajstić information content (AvgIpc) is 3.07. The molecule has 0 fully saturated rings. The van der Waals surface area contributed by atoms with Crippen molar-refractivity contribution >= 4 is 21.2 Å². The molecule has 0 aliphatic heterocycles. The lowest BCUT2D eigenvalue weighted by atomic mass is 10.2. The molecule has 0 N–H and O–H groups in total. The Labute approximate surface area is 138 Å². The van der Waals surface area contributed by atoms with E-state index in [9.17, 15) is 8.42 Å². The fraction of sp³-hybridized carbons (Fsp3) is 0.267. The fourth-order valence-electron chi connectivity index (χ4n) is 2.24. The minimum Gasteiger partial charge on any atom is -0.298 e. The SMILES string of the molecule is Cc1csc(CS(=O)(=O)c2nnc(C)n2Cc2ccccc2)n1. The molecule has 2 aromatic heterocycles. The summed E-state index contributed by atoms with van der Waals surface area (Å²) < 4.78 is 27.0. The van der Waals surface area contributed by atoms with Crippen LogP contribution in [0.15, 0.2) is 40.9 Å². The first-order chi connectivity index (χ1) is 11.0. The third-order valence-electron chi connectivity index (χ3n) is 3.34. The predicted octanol–water partition coefficient (Wildman–Crippen LogP) is 2.37. The molecular formula is C15H16N4O2S2. The Balaban J connectivity index is 1.93. The van der Waals surface area contributed by atoms with E-state index in [2.05, 4.69) is 15.2 Å². The fourth-order valence-corrected chi connectivity index (χ4v) is 4.75. The summed E-state index contributed by atoms with van der Waals surface area (Å²) in [6.07, 6.45) is 0. The maximum atomic E-state index is 12.7. The molecule has 3 aromatic rings. The summed E-state index contributed by atoms with van der Waals surface area (Å²) in [5, 5.41) is 10.2. The second kappa shape index (κ2) is 6.21. The van der Waals surface area contributed by atoms with Gasteiger partial charge in [0.15, 0.2) is 0 Å². The van der Waals surface area contributed by atoms with Crippen LogP contribution < -0.4 is 0 Å². The summed E-state index contributed by atoms with van der Waals surface area (Å²) in [6.45, 7) is 4.02. The first-order valence-electron chi connectivity index (χ1n) is 7.03. The Morgan fingerprint density at radius 1 is 1.13 bits per heavy atom. The zero-order chi connectivity index (χ0) is 16.4. The van der Waals surface area contributed by atoms with E-state index in [1.54, 1.807) is 11.5 Å². The van der Waals surface area contributed by atoms with Crippen LogP contribution in [-0.4, -0.2) is 28.2 Å². The van der Waals surface area contributed by atoms with Crippen LogP contribution in [0.3, 0.4) is 0 Å². The van der Waals surface area contributed by atoms with Gasteiger partial charge in [-0.25, -0.2) is 13.4 Å². The molecule has 0 aliphatic carbocycles. The van der Waals surface area contributed by atoms with Gasteiger partial charge in [-0.3, -0.25) is 4.57 Å². The van der Waals surface area contributed by atoms with Gasteiger partial charge >= 0.3 is 0 Å². The summed E-state index contributed by atoms with van der Waals surface area (Å²) in [5.41, 5.74) is 1.82. The van der Waals surface area contributed by atoms with Crippen LogP contribution in [0.25, 0.3) is 0 Å².